The summed E-state index contributed by atoms with van der Waals surface area (Å²) in [6.07, 6.45) is 2.01. The molecule has 0 amide bonds. The molecule has 1 unspecified atom stereocenters. The van der Waals surface area contributed by atoms with Crippen molar-refractivity contribution in [2.24, 2.45) is 0 Å². The molecule has 12 rings (SSSR count). The third-order valence-corrected chi connectivity index (χ3v) is 14.1. The zero-order chi connectivity index (χ0) is 40.3. The van der Waals surface area contributed by atoms with Crippen LogP contribution in [0.25, 0.3) is 91.5 Å². The van der Waals surface area contributed by atoms with Gasteiger partial charge in [0.2, 0.25) is 0 Å². The lowest BCUT2D eigenvalue weighted by Crippen LogP contribution is -2.04. The van der Waals surface area contributed by atoms with Gasteiger partial charge in [0.15, 0.2) is 0 Å². The Morgan fingerprint density at radius 2 is 1.07 bits per heavy atom. The SMILES string of the molecule is c1ccc(-c2ccc3c4ccccc4n(-c4cc(-c5ccc(C(CCc6cccc7ccccc67)c6ccc7ccccc7c6)cc5)c5sc6ccccc6c5c4)c3c2)cc1. The minimum absolute atomic E-state index is 0.240. The van der Waals surface area contributed by atoms with Crippen LogP contribution in [0.1, 0.15) is 29.0 Å². The monoisotopic (exact) mass is 795 g/mol. The standard InChI is InChI=1S/C59H41NS/c1-2-13-39(14-3-1)46-32-34-52-51-21-8-10-23-56(51)60(57(52)36-46)48-37-54(59-55(38-48)53-22-9-11-24-58(53)61-59)44-28-26-43(27-29-44)50(47-30-25-40-15-4-5-17-45(40)35-47)33-31-42-19-12-18-41-16-6-7-20-49(41)42/h1-30,32,34-38,50H,31,33H2. The van der Waals surface area contributed by atoms with Gasteiger partial charge in [-0.3, -0.25) is 0 Å². The number of benzene rings is 10. The van der Waals surface area contributed by atoms with E-state index < -0.39 is 0 Å². The van der Waals surface area contributed by atoms with Crippen molar-refractivity contribution >= 4 is 74.9 Å². The van der Waals surface area contributed by atoms with Crippen LogP contribution < -0.4 is 0 Å². The topological polar surface area (TPSA) is 4.93 Å². The van der Waals surface area contributed by atoms with Gasteiger partial charge in [0.1, 0.15) is 0 Å². The Bertz CT molecular complexity index is 3580. The number of rotatable bonds is 8. The predicted octanol–water partition coefficient (Wildman–Crippen LogP) is 16.6. The van der Waals surface area contributed by atoms with Crippen LogP contribution in [0, 0.1) is 0 Å². The van der Waals surface area contributed by atoms with E-state index in [2.05, 4.69) is 223 Å². The van der Waals surface area contributed by atoms with Gasteiger partial charge < -0.3 is 4.57 Å². The summed E-state index contributed by atoms with van der Waals surface area (Å²) in [5.74, 6) is 0.240. The number of aryl methyl sites for hydroxylation is 1. The molecule has 0 saturated carbocycles. The van der Waals surface area contributed by atoms with Gasteiger partial charge in [0, 0.05) is 48.1 Å². The summed E-state index contributed by atoms with van der Waals surface area (Å²) in [6.45, 7) is 0. The van der Waals surface area contributed by atoms with Gasteiger partial charge in [-0.2, -0.15) is 0 Å². The first kappa shape index (κ1) is 35.7. The van der Waals surface area contributed by atoms with Crippen LogP contribution in [-0.2, 0) is 6.42 Å². The van der Waals surface area contributed by atoms with Gasteiger partial charge in [0.05, 0.1) is 11.0 Å². The largest absolute Gasteiger partial charge is 0.309 e. The van der Waals surface area contributed by atoms with Crippen molar-refractivity contribution in [2.45, 2.75) is 18.8 Å². The molecule has 0 radical (unpaired) electrons. The number of nitrogens with zero attached hydrogens (tertiary/aromatic N) is 1. The molecule has 2 heteroatoms. The molecular formula is C59H41NS. The minimum atomic E-state index is 0.240. The molecule has 10 aromatic carbocycles. The second-order valence-corrected chi connectivity index (χ2v) is 17.4. The molecule has 0 bridgehead atoms. The molecule has 61 heavy (non-hydrogen) atoms. The lowest BCUT2D eigenvalue weighted by Gasteiger charge is -2.20. The molecule has 12 aromatic rings. The molecular weight excluding hydrogens is 755 g/mol. The molecule has 0 aliphatic carbocycles. The number of hydrogen-bond donors (Lipinski definition) is 0. The highest BCUT2D eigenvalue weighted by molar-refractivity contribution is 7.26. The van der Waals surface area contributed by atoms with Crippen molar-refractivity contribution in [2.75, 3.05) is 0 Å². The van der Waals surface area contributed by atoms with Crippen molar-refractivity contribution in [3.8, 4) is 27.9 Å². The molecule has 1 nitrogen and oxygen atoms in total. The third kappa shape index (κ3) is 6.22. The molecule has 0 fully saturated rings. The van der Waals surface area contributed by atoms with E-state index in [9.17, 15) is 0 Å². The predicted molar refractivity (Wildman–Crippen MR) is 263 cm³/mol. The normalized spacial score (nSPS) is 12.3. The maximum atomic E-state index is 2.49. The molecule has 288 valence electrons. The summed E-state index contributed by atoms with van der Waals surface area (Å²) < 4.78 is 5.13. The second-order valence-electron chi connectivity index (χ2n) is 16.4. The van der Waals surface area contributed by atoms with Crippen molar-refractivity contribution in [3.63, 3.8) is 0 Å². The Balaban J connectivity index is 1.01. The van der Waals surface area contributed by atoms with Crippen LogP contribution in [0.15, 0.2) is 218 Å². The molecule has 0 N–H and O–H groups in total. The number of aromatic nitrogens is 1. The van der Waals surface area contributed by atoms with Crippen molar-refractivity contribution in [3.05, 3.63) is 235 Å². The molecule has 2 heterocycles. The summed E-state index contributed by atoms with van der Waals surface area (Å²) in [5, 5.41) is 10.4. The van der Waals surface area contributed by atoms with Crippen LogP contribution in [0.2, 0.25) is 0 Å². The van der Waals surface area contributed by atoms with Crippen LogP contribution >= 0.6 is 11.3 Å². The van der Waals surface area contributed by atoms with Crippen LogP contribution in [0.5, 0.6) is 0 Å². The Morgan fingerprint density at radius 3 is 1.93 bits per heavy atom. The van der Waals surface area contributed by atoms with Gasteiger partial charge in [0.25, 0.3) is 0 Å². The molecule has 0 spiro atoms. The Hall–Kier alpha value is -7.26. The van der Waals surface area contributed by atoms with Crippen LogP contribution in [0.3, 0.4) is 0 Å². The van der Waals surface area contributed by atoms with Gasteiger partial charge >= 0.3 is 0 Å². The maximum Gasteiger partial charge on any atom is 0.0547 e. The van der Waals surface area contributed by atoms with E-state index >= 15 is 0 Å². The second kappa shape index (κ2) is 14.8. The average molecular weight is 796 g/mol. The van der Waals surface area contributed by atoms with E-state index in [-0.39, 0.29) is 5.92 Å². The fraction of sp³-hybridized carbons (Fsp3) is 0.0508. The van der Waals surface area contributed by atoms with E-state index in [1.807, 2.05) is 11.3 Å². The lowest BCUT2D eigenvalue weighted by molar-refractivity contribution is 0.718. The minimum Gasteiger partial charge on any atom is -0.309 e. The zero-order valence-corrected chi connectivity index (χ0v) is 34.4. The fourth-order valence-corrected chi connectivity index (χ4v) is 11.1. The molecule has 0 saturated heterocycles. The van der Waals surface area contributed by atoms with Crippen LogP contribution in [0.4, 0.5) is 0 Å². The van der Waals surface area contributed by atoms with E-state index in [1.54, 1.807) is 0 Å². The van der Waals surface area contributed by atoms with E-state index in [0.717, 1.165) is 12.8 Å². The van der Waals surface area contributed by atoms with Crippen molar-refractivity contribution in [1.29, 1.82) is 0 Å². The van der Waals surface area contributed by atoms with E-state index in [4.69, 9.17) is 0 Å². The van der Waals surface area contributed by atoms with E-state index in [1.165, 1.54) is 108 Å². The number of fused-ring (bicyclic) bond motifs is 8. The van der Waals surface area contributed by atoms with Gasteiger partial charge in [-0.1, -0.05) is 188 Å². The summed E-state index contributed by atoms with van der Waals surface area (Å²) in [6, 6.07) is 81.2. The summed E-state index contributed by atoms with van der Waals surface area (Å²) in [5.41, 5.74) is 12.7. The first-order valence-electron chi connectivity index (χ1n) is 21.3. The number of thiophene rings is 1. The van der Waals surface area contributed by atoms with Crippen molar-refractivity contribution < 1.29 is 0 Å². The highest BCUT2D eigenvalue weighted by Gasteiger charge is 2.20. The fourth-order valence-electron chi connectivity index (χ4n) is 9.87. The van der Waals surface area contributed by atoms with Gasteiger partial charge in [-0.15, -0.1) is 11.3 Å². The smallest absolute Gasteiger partial charge is 0.0547 e. The first-order chi connectivity index (χ1) is 30.2. The zero-order valence-electron chi connectivity index (χ0n) is 33.6. The quantitative estimate of drug-likeness (QED) is 0.144. The molecule has 0 aliphatic heterocycles. The third-order valence-electron chi connectivity index (χ3n) is 12.9. The van der Waals surface area contributed by atoms with Gasteiger partial charge in [-0.25, -0.2) is 0 Å². The lowest BCUT2D eigenvalue weighted by atomic mass is 9.84. The van der Waals surface area contributed by atoms with Crippen molar-refractivity contribution in [1.82, 2.24) is 4.57 Å². The average Bonchev–Trinajstić information content (AvgIpc) is 3.87. The first-order valence-corrected chi connectivity index (χ1v) is 22.2. The molecule has 0 aliphatic rings. The van der Waals surface area contributed by atoms with Crippen LogP contribution in [-0.4, -0.2) is 4.57 Å². The highest BCUT2D eigenvalue weighted by Crippen LogP contribution is 2.44. The molecule has 1 atom stereocenters. The van der Waals surface area contributed by atoms with Gasteiger partial charge in [-0.05, 0) is 98.1 Å². The summed E-state index contributed by atoms with van der Waals surface area (Å²) in [7, 11) is 0. The molecule has 2 aromatic heterocycles. The highest BCUT2D eigenvalue weighted by atomic mass is 32.1. The Morgan fingerprint density at radius 1 is 0.393 bits per heavy atom. The summed E-state index contributed by atoms with van der Waals surface area (Å²) in [4.78, 5) is 0. The van der Waals surface area contributed by atoms with E-state index in [0.29, 0.717) is 0 Å². The number of hydrogen-bond acceptors (Lipinski definition) is 1. The Labute approximate surface area is 359 Å². The number of para-hydroxylation sites is 1. The summed E-state index contributed by atoms with van der Waals surface area (Å²) >= 11 is 1.90. The Kier molecular flexibility index (Phi) is 8.64. The maximum absolute atomic E-state index is 2.49.